The number of nitrogens with zero attached hydrogens (tertiary/aromatic N) is 2. The van der Waals surface area contributed by atoms with Gasteiger partial charge in [-0.3, -0.25) is 0 Å². The highest BCUT2D eigenvalue weighted by Gasteiger charge is 2.41. The molecule has 0 saturated carbocycles. The van der Waals surface area contributed by atoms with Gasteiger partial charge in [-0.2, -0.15) is 0 Å². The van der Waals surface area contributed by atoms with E-state index in [0.717, 1.165) is 19.6 Å². The maximum Gasteiger partial charge on any atom is 0.0581 e. The third-order valence-corrected chi connectivity index (χ3v) is 2.46. The molecule has 0 amide bonds. The van der Waals surface area contributed by atoms with Crippen molar-refractivity contribution >= 4 is 0 Å². The van der Waals surface area contributed by atoms with Crippen LogP contribution in [0, 0.1) is 0 Å². The Morgan fingerprint density at radius 2 is 2.00 bits per heavy atom. The minimum atomic E-state index is 0.273. The van der Waals surface area contributed by atoms with Gasteiger partial charge >= 0.3 is 0 Å². The first-order valence-electron chi connectivity index (χ1n) is 3.67. The summed E-state index contributed by atoms with van der Waals surface area (Å²) in [6.07, 6.45) is 0. The average molecular weight is 143 g/mol. The third-order valence-electron chi connectivity index (χ3n) is 2.46. The average Bonchev–Trinajstić information content (AvgIpc) is 1.79. The molecular weight excluding hydrogens is 126 g/mol. The van der Waals surface area contributed by atoms with Crippen LogP contribution in [0.25, 0.3) is 0 Å². The van der Waals surface area contributed by atoms with E-state index >= 15 is 0 Å². The number of likely N-dealkylation sites (N-methyl/N-ethyl adjacent to an activating group) is 2. The Balaban J connectivity index is 2.48. The van der Waals surface area contributed by atoms with Crippen molar-refractivity contribution in [1.29, 1.82) is 0 Å². The Kier molecular flexibility index (Phi) is 1.99. The highest BCUT2D eigenvalue weighted by Crippen LogP contribution is 2.22. The van der Waals surface area contributed by atoms with Crippen LogP contribution in [0.15, 0.2) is 0 Å². The van der Waals surface area contributed by atoms with E-state index in [4.69, 9.17) is 5.73 Å². The fourth-order valence-corrected chi connectivity index (χ4v) is 1.55. The van der Waals surface area contributed by atoms with E-state index in [1.165, 1.54) is 0 Å². The van der Waals surface area contributed by atoms with Crippen LogP contribution in [0.1, 0.15) is 0 Å². The summed E-state index contributed by atoms with van der Waals surface area (Å²) in [5.74, 6) is 0. The van der Waals surface area contributed by atoms with E-state index in [1.54, 1.807) is 0 Å². The lowest BCUT2D eigenvalue weighted by atomic mass is 9.89. The van der Waals surface area contributed by atoms with Gasteiger partial charge in [0, 0.05) is 19.6 Å². The van der Waals surface area contributed by atoms with Crippen molar-refractivity contribution in [3.63, 3.8) is 0 Å². The highest BCUT2D eigenvalue weighted by atomic mass is 15.3. The maximum absolute atomic E-state index is 5.66. The minimum absolute atomic E-state index is 0.273. The third kappa shape index (κ3) is 1.05. The van der Waals surface area contributed by atoms with Crippen molar-refractivity contribution in [3.8, 4) is 0 Å². The monoisotopic (exact) mass is 143 g/mol. The fourth-order valence-electron chi connectivity index (χ4n) is 1.55. The molecule has 1 aliphatic rings. The number of likely N-dealkylation sites (tertiary alicyclic amines) is 1. The summed E-state index contributed by atoms with van der Waals surface area (Å²) in [5, 5.41) is 0. The van der Waals surface area contributed by atoms with Gasteiger partial charge in [0.05, 0.1) is 5.54 Å². The molecule has 0 aliphatic carbocycles. The summed E-state index contributed by atoms with van der Waals surface area (Å²) in [6, 6.07) is 0. The normalized spacial score (nSPS) is 24.9. The molecule has 1 saturated heterocycles. The second kappa shape index (κ2) is 2.49. The van der Waals surface area contributed by atoms with Crippen LogP contribution < -0.4 is 5.73 Å². The molecule has 0 radical (unpaired) electrons. The lowest BCUT2D eigenvalue weighted by Crippen LogP contribution is -2.70. The summed E-state index contributed by atoms with van der Waals surface area (Å²) >= 11 is 0. The molecule has 10 heavy (non-hydrogen) atoms. The SMILES string of the molecule is CN1CC(CN)(N(C)C)C1. The number of hydrogen-bond acceptors (Lipinski definition) is 3. The van der Waals surface area contributed by atoms with Crippen LogP contribution in [-0.2, 0) is 0 Å². The largest absolute Gasteiger partial charge is 0.329 e. The second-order valence-corrected chi connectivity index (χ2v) is 3.50. The van der Waals surface area contributed by atoms with E-state index in [0.29, 0.717) is 0 Å². The molecule has 0 atom stereocenters. The van der Waals surface area contributed by atoms with E-state index in [9.17, 15) is 0 Å². The van der Waals surface area contributed by atoms with E-state index < -0.39 is 0 Å². The molecule has 1 fully saturated rings. The van der Waals surface area contributed by atoms with Crippen molar-refractivity contribution in [1.82, 2.24) is 9.80 Å². The first-order valence-corrected chi connectivity index (χ1v) is 3.67. The highest BCUT2D eigenvalue weighted by molar-refractivity contribution is 5.01. The number of nitrogens with two attached hydrogens (primary N) is 1. The van der Waals surface area contributed by atoms with E-state index in [1.807, 2.05) is 0 Å². The molecule has 1 aliphatic heterocycles. The number of hydrogen-bond donors (Lipinski definition) is 1. The summed E-state index contributed by atoms with van der Waals surface area (Å²) in [7, 11) is 6.32. The van der Waals surface area contributed by atoms with Crippen LogP contribution in [0.2, 0.25) is 0 Å². The maximum atomic E-state index is 5.66. The van der Waals surface area contributed by atoms with Gasteiger partial charge in [0.15, 0.2) is 0 Å². The zero-order chi connectivity index (χ0) is 7.78. The van der Waals surface area contributed by atoms with Crippen molar-refractivity contribution in [3.05, 3.63) is 0 Å². The summed E-state index contributed by atoms with van der Waals surface area (Å²) in [4.78, 5) is 4.51. The fraction of sp³-hybridized carbons (Fsp3) is 1.00. The molecule has 1 rings (SSSR count). The van der Waals surface area contributed by atoms with Gasteiger partial charge in [-0.25, -0.2) is 0 Å². The molecule has 3 nitrogen and oxygen atoms in total. The molecule has 0 bridgehead atoms. The van der Waals surface area contributed by atoms with Crippen LogP contribution in [0.3, 0.4) is 0 Å². The molecular formula is C7H17N3. The van der Waals surface area contributed by atoms with Gasteiger partial charge in [-0.1, -0.05) is 0 Å². The number of rotatable bonds is 2. The molecule has 0 aromatic rings. The first kappa shape index (κ1) is 7.98. The van der Waals surface area contributed by atoms with Gasteiger partial charge in [-0.05, 0) is 21.1 Å². The van der Waals surface area contributed by atoms with Crippen molar-refractivity contribution in [2.45, 2.75) is 5.54 Å². The smallest absolute Gasteiger partial charge is 0.0581 e. The lowest BCUT2D eigenvalue weighted by Gasteiger charge is -2.52. The topological polar surface area (TPSA) is 32.5 Å². The van der Waals surface area contributed by atoms with Crippen molar-refractivity contribution in [2.75, 3.05) is 40.8 Å². The Labute approximate surface area is 62.8 Å². The predicted molar refractivity (Wildman–Crippen MR) is 43.0 cm³/mol. The first-order chi connectivity index (χ1) is 4.60. The van der Waals surface area contributed by atoms with Crippen LogP contribution in [-0.4, -0.2) is 56.1 Å². The van der Waals surface area contributed by atoms with Gasteiger partial charge < -0.3 is 15.5 Å². The van der Waals surface area contributed by atoms with Crippen molar-refractivity contribution in [2.24, 2.45) is 5.73 Å². The Morgan fingerprint density at radius 3 is 2.10 bits per heavy atom. The van der Waals surface area contributed by atoms with E-state index in [2.05, 4.69) is 30.9 Å². The molecule has 0 unspecified atom stereocenters. The Bertz CT molecular complexity index is 116. The predicted octanol–water partition coefficient (Wildman–Crippen LogP) is -0.809. The van der Waals surface area contributed by atoms with Gasteiger partial charge in [0.2, 0.25) is 0 Å². The van der Waals surface area contributed by atoms with Crippen LogP contribution >= 0.6 is 0 Å². The molecule has 60 valence electrons. The van der Waals surface area contributed by atoms with Gasteiger partial charge in [0.1, 0.15) is 0 Å². The van der Waals surface area contributed by atoms with Crippen LogP contribution in [0.5, 0.6) is 0 Å². The second-order valence-electron chi connectivity index (χ2n) is 3.50. The standard InChI is InChI=1S/C7H17N3/c1-9(2)7(4-8)5-10(3)6-7/h4-6,8H2,1-3H3. The molecule has 0 aromatic carbocycles. The minimum Gasteiger partial charge on any atom is -0.329 e. The molecule has 0 spiro atoms. The van der Waals surface area contributed by atoms with Gasteiger partial charge in [-0.15, -0.1) is 0 Å². The van der Waals surface area contributed by atoms with E-state index in [-0.39, 0.29) is 5.54 Å². The zero-order valence-corrected chi connectivity index (χ0v) is 7.09. The Hall–Kier alpha value is -0.120. The quantitative estimate of drug-likeness (QED) is 0.549. The molecule has 3 heteroatoms. The van der Waals surface area contributed by atoms with Crippen molar-refractivity contribution < 1.29 is 0 Å². The Morgan fingerprint density at radius 1 is 1.50 bits per heavy atom. The molecule has 0 aromatic heterocycles. The van der Waals surface area contributed by atoms with Crippen LogP contribution in [0.4, 0.5) is 0 Å². The van der Waals surface area contributed by atoms with Gasteiger partial charge in [0.25, 0.3) is 0 Å². The zero-order valence-electron chi connectivity index (χ0n) is 7.09. The summed E-state index contributed by atoms with van der Waals surface area (Å²) in [5.41, 5.74) is 5.94. The molecule has 2 N–H and O–H groups in total. The lowest BCUT2D eigenvalue weighted by molar-refractivity contribution is -0.00592. The molecule has 1 heterocycles. The summed E-state index contributed by atoms with van der Waals surface area (Å²) < 4.78 is 0. The summed E-state index contributed by atoms with van der Waals surface area (Å²) in [6.45, 7) is 2.98.